The summed E-state index contributed by atoms with van der Waals surface area (Å²) >= 11 is 1.17. The van der Waals surface area contributed by atoms with Crippen LogP contribution in [0.25, 0.3) is 10.9 Å². The van der Waals surface area contributed by atoms with Gasteiger partial charge in [0, 0.05) is 48.3 Å². The van der Waals surface area contributed by atoms with E-state index in [4.69, 9.17) is 4.74 Å². The Bertz CT molecular complexity index is 1460. The van der Waals surface area contributed by atoms with Gasteiger partial charge in [0.1, 0.15) is 11.6 Å². The minimum Gasteiger partial charge on any atom is -0.383 e. The second-order valence-corrected chi connectivity index (χ2v) is 11.1. The lowest BCUT2D eigenvalue weighted by atomic mass is 9.91. The van der Waals surface area contributed by atoms with Crippen LogP contribution in [0.2, 0.25) is 0 Å². The van der Waals surface area contributed by atoms with Gasteiger partial charge in [0.15, 0.2) is 0 Å². The third-order valence-corrected chi connectivity index (χ3v) is 8.70. The molecular formula is C27H28F4N4O3S. The van der Waals surface area contributed by atoms with E-state index in [0.717, 1.165) is 12.1 Å². The number of benzene rings is 1. The van der Waals surface area contributed by atoms with Gasteiger partial charge in [-0.3, -0.25) is 9.36 Å². The number of halogens is 4. The summed E-state index contributed by atoms with van der Waals surface area (Å²) in [5.74, 6) is -1.76. The van der Waals surface area contributed by atoms with Crippen molar-refractivity contribution >= 4 is 34.4 Å². The number of methoxy groups -OCH3 is 1. The number of aromatic nitrogens is 2. The SMILES string of the molecule is C=CC(=O)N1[C@H](C)CN(c2nc(=O)n3c4c(c(C5C=CC=C5F)c(C(F)(F)F)cc24)SC[C@@H]3COC)C[C@@H]1C. The van der Waals surface area contributed by atoms with Crippen molar-refractivity contribution in [3.63, 3.8) is 0 Å². The highest BCUT2D eigenvalue weighted by molar-refractivity contribution is 7.99. The maximum absolute atomic E-state index is 14.8. The van der Waals surface area contributed by atoms with Gasteiger partial charge in [0.05, 0.1) is 29.6 Å². The zero-order valence-electron chi connectivity index (χ0n) is 21.7. The highest BCUT2D eigenvalue weighted by Gasteiger charge is 2.42. The summed E-state index contributed by atoms with van der Waals surface area (Å²) < 4.78 is 65.3. The molecule has 1 aromatic carbocycles. The lowest BCUT2D eigenvalue weighted by Crippen LogP contribution is -2.58. The van der Waals surface area contributed by atoms with Crippen LogP contribution in [0.3, 0.4) is 0 Å². The quantitative estimate of drug-likeness (QED) is 0.383. The summed E-state index contributed by atoms with van der Waals surface area (Å²) in [6, 6.07) is -0.0948. The largest absolute Gasteiger partial charge is 0.416 e. The number of rotatable bonds is 5. The van der Waals surface area contributed by atoms with Crippen molar-refractivity contribution in [3.05, 3.63) is 64.4 Å². The number of alkyl halides is 3. The molecule has 7 nitrogen and oxygen atoms in total. The van der Waals surface area contributed by atoms with E-state index in [-0.39, 0.29) is 65.1 Å². The van der Waals surface area contributed by atoms with Crippen molar-refractivity contribution in [3.8, 4) is 0 Å². The number of thioether (sulfide) groups is 1. The van der Waals surface area contributed by atoms with Crippen molar-refractivity contribution in [1.82, 2.24) is 14.5 Å². The standard InChI is InChI=1S/C27H28F4N4O3S/c1-5-21(36)34-14(2)10-33(11-15(34)3)25-18-9-19(27(29,30)31)22(17-7-6-8-20(17)28)24-23(18)35(26(37)32-25)16(12-38-4)13-39-24/h5-9,14-17H,1,10-13H2,2-4H3/t14-,15+,16-,17?/m0/s1. The Labute approximate surface area is 226 Å². The van der Waals surface area contributed by atoms with E-state index in [1.807, 2.05) is 13.8 Å². The number of carbonyl (C=O) groups excluding carboxylic acids is 1. The maximum Gasteiger partial charge on any atom is 0.416 e. The topological polar surface area (TPSA) is 67.7 Å². The number of amides is 1. The Morgan fingerprint density at radius 2 is 1.97 bits per heavy atom. The monoisotopic (exact) mass is 564 g/mol. The first-order valence-electron chi connectivity index (χ1n) is 12.5. The second-order valence-electron chi connectivity index (χ2n) is 10.0. The molecule has 2 aliphatic heterocycles. The van der Waals surface area contributed by atoms with Gasteiger partial charge in [-0.05, 0) is 37.6 Å². The van der Waals surface area contributed by atoms with Crippen LogP contribution < -0.4 is 10.6 Å². The van der Waals surface area contributed by atoms with Gasteiger partial charge in [-0.2, -0.15) is 18.2 Å². The van der Waals surface area contributed by atoms with E-state index in [1.54, 1.807) is 9.80 Å². The van der Waals surface area contributed by atoms with Crippen LogP contribution in [0.1, 0.15) is 36.9 Å². The average Bonchev–Trinajstić information content (AvgIpc) is 3.30. The molecule has 0 radical (unpaired) electrons. The summed E-state index contributed by atoms with van der Waals surface area (Å²) in [5.41, 5.74) is -1.48. The van der Waals surface area contributed by atoms with E-state index >= 15 is 0 Å². The Morgan fingerprint density at radius 1 is 1.28 bits per heavy atom. The number of anilines is 1. The number of piperazine rings is 1. The molecule has 5 rings (SSSR count). The van der Waals surface area contributed by atoms with Crippen molar-refractivity contribution in [2.24, 2.45) is 0 Å². The predicted molar refractivity (Wildman–Crippen MR) is 142 cm³/mol. The Morgan fingerprint density at radius 3 is 2.54 bits per heavy atom. The van der Waals surface area contributed by atoms with Crippen molar-refractivity contribution in [2.75, 3.05) is 37.5 Å². The van der Waals surface area contributed by atoms with Crippen LogP contribution in [0.15, 0.2) is 52.5 Å². The Hall–Kier alpha value is -3.12. The fourth-order valence-electron chi connectivity index (χ4n) is 5.93. The number of allylic oxidation sites excluding steroid dienone is 4. The number of nitrogens with zero attached hydrogens (tertiary/aromatic N) is 4. The summed E-state index contributed by atoms with van der Waals surface area (Å²) in [4.78, 5) is 33.9. The van der Waals surface area contributed by atoms with Crippen molar-refractivity contribution < 1.29 is 27.1 Å². The number of hydrogen-bond donors (Lipinski definition) is 0. The van der Waals surface area contributed by atoms with Crippen LogP contribution in [0.5, 0.6) is 0 Å². The molecule has 0 bridgehead atoms. The fraction of sp³-hybridized carbons (Fsp3) is 0.444. The highest BCUT2D eigenvalue weighted by atomic mass is 32.2. The van der Waals surface area contributed by atoms with Gasteiger partial charge in [0.25, 0.3) is 0 Å². The molecule has 1 fully saturated rings. The average molecular weight is 565 g/mol. The minimum absolute atomic E-state index is 0.116. The Balaban J connectivity index is 1.79. The number of carbonyl (C=O) groups is 1. The molecule has 1 amide bonds. The molecule has 3 aliphatic rings. The molecule has 4 atom stereocenters. The van der Waals surface area contributed by atoms with Crippen LogP contribution >= 0.6 is 11.8 Å². The van der Waals surface area contributed by atoms with Gasteiger partial charge in [-0.1, -0.05) is 18.7 Å². The van der Waals surface area contributed by atoms with Crippen LogP contribution in [-0.4, -0.2) is 65.0 Å². The van der Waals surface area contributed by atoms with E-state index in [9.17, 15) is 27.2 Å². The molecular weight excluding hydrogens is 536 g/mol. The minimum atomic E-state index is -4.78. The second kappa shape index (κ2) is 10.1. The van der Waals surface area contributed by atoms with Crippen molar-refractivity contribution in [1.29, 1.82) is 0 Å². The molecule has 0 spiro atoms. The molecule has 1 aliphatic carbocycles. The predicted octanol–water partition coefficient (Wildman–Crippen LogP) is 4.83. The summed E-state index contributed by atoms with van der Waals surface area (Å²) in [7, 11) is 1.48. The first-order valence-corrected chi connectivity index (χ1v) is 13.5. The first kappa shape index (κ1) is 27.4. The van der Waals surface area contributed by atoms with Gasteiger partial charge in [-0.15, -0.1) is 11.8 Å². The van der Waals surface area contributed by atoms with Crippen LogP contribution in [0, 0.1) is 0 Å². The molecule has 208 valence electrons. The lowest BCUT2D eigenvalue weighted by molar-refractivity contribution is -0.138. The zero-order chi connectivity index (χ0) is 28.2. The van der Waals surface area contributed by atoms with Gasteiger partial charge < -0.3 is 14.5 Å². The molecule has 1 saturated heterocycles. The third-order valence-electron chi connectivity index (χ3n) is 7.45. The van der Waals surface area contributed by atoms with Gasteiger partial charge in [0.2, 0.25) is 5.91 Å². The zero-order valence-corrected chi connectivity index (χ0v) is 22.5. The smallest absolute Gasteiger partial charge is 0.383 e. The fourth-order valence-corrected chi connectivity index (χ4v) is 7.28. The van der Waals surface area contributed by atoms with E-state index < -0.39 is 35.2 Å². The molecule has 39 heavy (non-hydrogen) atoms. The molecule has 0 N–H and O–H groups in total. The Kier molecular flexibility index (Phi) is 7.13. The lowest BCUT2D eigenvalue weighted by Gasteiger charge is -2.45. The molecule has 12 heteroatoms. The van der Waals surface area contributed by atoms with E-state index in [2.05, 4.69) is 11.6 Å². The third kappa shape index (κ3) is 4.57. The van der Waals surface area contributed by atoms with Gasteiger partial charge in [-0.25, -0.2) is 9.18 Å². The van der Waals surface area contributed by atoms with Crippen LogP contribution in [0.4, 0.5) is 23.4 Å². The molecule has 3 heterocycles. The number of ether oxygens (including phenoxy) is 1. The summed E-state index contributed by atoms with van der Waals surface area (Å²) in [6.07, 6.45) is 0.393. The van der Waals surface area contributed by atoms with Crippen molar-refractivity contribution in [2.45, 2.75) is 49.0 Å². The van der Waals surface area contributed by atoms with E-state index in [0.29, 0.717) is 5.52 Å². The van der Waals surface area contributed by atoms with E-state index in [1.165, 1.54) is 41.7 Å². The normalized spacial score (nSPS) is 24.8. The van der Waals surface area contributed by atoms with Crippen LogP contribution in [-0.2, 0) is 15.7 Å². The molecule has 2 aromatic rings. The maximum atomic E-state index is 14.8. The molecule has 0 saturated carbocycles. The van der Waals surface area contributed by atoms with Gasteiger partial charge >= 0.3 is 11.9 Å². The number of hydrogen-bond acceptors (Lipinski definition) is 6. The summed E-state index contributed by atoms with van der Waals surface area (Å²) in [6.45, 7) is 7.88. The molecule has 1 aromatic heterocycles. The molecule has 1 unspecified atom stereocenters. The highest BCUT2D eigenvalue weighted by Crippen LogP contribution is 2.50. The first-order chi connectivity index (χ1) is 18.5. The summed E-state index contributed by atoms with van der Waals surface area (Å²) in [5, 5.41) is 0.156.